The number of nitrogens with two attached hydrogens (primary N) is 1. The number of amides is 1. The van der Waals surface area contributed by atoms with Gasteiger partial charge in [-0.15, -0.1) is 0 Å². The predicted molar refractivity (Wildman–Crippen MR) is 74.1 cm³/mol. The summed E-state index contributed by atoms with van der Waals surface area (Å²) in [6.07, 6.45) is 7.92. The van der Waals surface area contributed by atoms with Gasteiger partial charge in [-0.05, 0) is 49.9 Å². The SMILES string of the molecule is CC(C)CC1(CNC(=O)C2CCCC(N)C2)CC1. The van der Waals surface area contributed by atoms with E-state index >= 15 is 0 Å². The Bertz CT molecular complexity index is 297. The zero-order chi connectivity index (χ0) is 13.2. The lowest BCUT2D eigenvalue weighted by molar-refractivity contribution is -0.126. The van der Waals surface area contributed by atoms with Gasteiger partial charge in [0.25, 0.3) is 0 Å². The summed E-state index contributed by atoms with van der Waals surface area (Å²) in [6.45, 7) is 5.42. The molecule has 0 aromatic rings. The van der Waals surface area contributed by atoms with Gasteiger partial charge in [-0.1, -0.05) is 20.3 Å². The molecule has 2 atom stereocenters. The Kier molecular flexibility index (Phi) is 4.31. The molecule has 0 bridgehead atoms. The maximum absolute atomic E-state index is 12.1. The normalized spacial score (nSPS) is 30.2. The second kappa shape index (κ2) is 5.60. The minimum atomic E-state index is 0.170. The van der Waals surface area contributed by atoms with Crippen molar-refractivity contribution in [3.05, 3.63) is 0 Å². The van der Waals surface area contributed by atoms with Crippen molar-refractivity contribution >= 4 is 5.91 Å². The van der Waals surface area contributed by atoms with Crippen LogP contribution in [0.25, 0.3) is 0 Å². The number of hydrogen-bond donors (Lipinski definition) is 2. The van der Waals surface area contributed by atoms with E-state index in [-0.39, 0.29) is 17.9 Å². The first-order valence-corrected chi connectivity index (χ1v) is 7.54. The van der Waals surface area contributed by atoms with E-state index in [1.54, 1.807) is 0 Å². The Hall–Kier alpha value is -0.570. The van der Waals surface area contributed by atoms with Gasteiger partial charge in [-0.3, -0.25) is 4.79 Å². The molecule has 2 aliphatic rings. The first-order chi connectivity index (χ1) is 8.51. The minimum absolute atomic E-state index is 0.170. The van der Waals surface area contributed by atoms with Gasteiger partial charge in [-0.25, -0.2) is 0 Å². The van der Waals surface area contributed by atoms with Crippen LogP contribution in [0.15, 0.2) is 0 Å². The lowest BCUT2D eigenvalue weighted by atomic mass is 9.85. The fourth-order valence-corrected chi connectivity index (χ4v) is 3.38. The van der Waals surface area contributed by atoms with Gasteiger partial charge < -0.3 is 11.1 Å². The van der Waals surface area contributed by atoms with Crippen LogP contribution in [-0.4, -0.2) is 18.5 Å². The summed E-state index contributed by atoms with van der Waals surface area (Å²) in [5.41, 5.74) is 6.37. The van der Waals surface area contributed by atoms with Crippen molar-refractivity contribution in [1.29, 1.82) is 0 Å². The van der Waals surface area contributed by atoms with Crippen LogP contribution in [0, 0.1) is 17.3 Å². The zero-order valence-corrected chi connectivity index (χ0v) is 11.9. The van der Waals surface area contributed by atoms with Crippen molar-refractivity contribution in [3.63, 3.8) is 0 Å². The second-order valence-corrected chi connectivity index (χ2v) is 6.94. The van der Waals surface area contributed by atoms with E-state index < -0.39 is 0 Å². The zero-order valence-electron chi connectivity index (χ0n) is 11.9. The fraction of sp³-hybridized carbons (Fsp3) is 0.933. The quantitative estimate of drug-likeness (QED) is 0.789. The molecule has 3 N–H and O–H groups in total. The highest BCUT2D eigenvalue weighted by atomic mass is 16.1. The van der Waals surface area contributed by atoms with Crippen molar-refractivity contribution in [3.8, 4) is 0 Å². The molecule has 2 unspecified atom stereocenters. The van der Waals surface area contributed by atoms with Crippen LogP contribution >= 0.6 is 0 Å². The predicted octanol–water partition coefficient (Wildman–Crippen LogP) is 2.45. The van der Waals surface area contributed by atoms with E-state index in [1.807, 2.05) is 0 Å². The second-order valence-electron chi connectivity index (χ2n) is 6.94. The monoisotopic (exact) mass is 252 g/mol. The van der Waals surface area contributed by atoms with Crippen LogP contribution in [0.4, 0.5) is 0 Å². The van der Waals surface area contributed by atoms with E-state index in [2.05, 4.69) is 19.2 Å². The number of hydrogen-bond acceptors (Lipinski definition) is 2. The van der Waals surface area contributed by atoms with Gasteiger partial charge in [-0.2, -0.15) is 0 Å². The highest BCUT2D eigenvalue weighted by Gasteiger charge is 2.43. The van der Waals surface area contributed by atoms with Crippen LogP contribution in [0.3, 0.4) is 0 Å². The van der Waals surface area contributed by atoms with Crippen LogP contribution < -0.4 is 11.1 Å². The van der Waals surface area contributed by atoms with Gasteiger partial charge in [0.2, 0.25) is 5.91 Å². The molecule has 2 rings (SSSR count). The van der Waals surface area contributed by atoms with E-state index in [0.29, 0.717) is 5.41 Å². The summed E-state index contributed by atoms with van der Waals surface area (Å²) in [7, 11) is 0. The fourth-order valence-electron chi connectivity index (χ4n) is 3.38. The molecule has 104 valence electrons. The number of carbonyl (C=O) groups is 1. The Labute approximate surface area is 111 Å². The third-order valence-corrected chi connectivity index (χ3v) is 4.52. The Morgan fingerprint density at radius 1 is 1.39 bits per heavy atom. The molecule has 0 aromatic carbocycles. The molecule has 3 nitrogen and oxygen atoms in total. The number of nitrogens with one attached hydrogen (secondary N) is 1. The highest BCUT2D eigenvalue weighted by Crippen LogP contribution is 2.50. The molecular weight excluding hydrogens is 224 g/mol. The lowest BCUT2D eigenvalue weighted by Gasteiger charge is -2.27. The van der Waals surface area contributed by atoms with Gasteiger partial charge in [0.15, 0.2) is 0 Å². The maximum Gasteiger partial charge on any atom is 0.223 e. The molecule has 1 amide bonds. The highest BCUT2D eigenvalue weighted by molar-refractivity contribution is 5.78. The third kappa shape index (κ3) is 3.71. The Balaban J connectivity index is 1.74. The standard InChI is InChI=1S/C15H28N2O/c1-11(2)9-15(6-7-15)10-17-14(18)12-4-3-5-13(16)8-12/h11-13H,3-10,16H2,1-2H3,(H,17,18). The van der Waals surface area contributed by atoms with Crippen molar-refractivity contribution in [2.45, 2.75) is 64.8 Å². The molecule has 0 aliphatic heterocycles. The van der Waals surface area contributed by atoms with Crippen molar-refractivity contribution in [1.82, 2.24) is 5.32 Å². The first kappa shape index (κ1) is 13.9. The van der Waals surface area contributed by atoms with E-state index in [1.165, 1.54) is 19.3 Å². The summed E-state index contributed by atoms with van der Waals surface area (Å²) < 4.78 is 0. The van der Waals surface area contributed by atoms with Crippen molar-refractivity contribution in [2.24, 2.45) is 23.0 Å². The molecule has 3 heteroatoms. The van der Waals surface area contributed by atoms with Gasteiger partial charge >= 0.3 is 0 Å². The molecule has 0 heterocycles. The van der Waals surface area contributed by atoms with Crippen LogP contribution in [-0.2, 0) is 4.79 Å². The smallest absolute Gasteiger partial charge is 0.223 e. The van der Waals surface area contributed by atoms with Gasteiger partial charge in [0, 0.05) is 18.5 Å². The van der Waals surface area contributed by atoms with Crippen molar-refractivity contribution < 1.29 is 4.79 Å². The summed E-state index contributed by atoms with van der Waals surface area (Å²) in [6, 6.07) is 0.236. The van der Waals surface area contributed by atoms with Gasteiger partial charge in [0.05, 0.1) is 0 Å². The molecule has 2 saturated carbocycles. The van der Waals surface area contributed by atoms with Crippen LogP contribution in [0.1, 0.15) is 58.8 Å². The van der Waals surface area contributed by atoms with E-state index in [4.69, 9.17) is 5.73 Å². The third-order valence-electron chi connectivity index (χ3n) is 4.52. The maximum atomic E-state index is 12.1. The first-order valence-electron chi connectivity index (χ1n) is 7.54. The largest absolute Gasteiger partial charge is 0.355 e. The summed E-state index contributed by atoms with van der Waals surface area (Å²) in [5, 5.41) is 3.19. The average Bonchev–Trinajstić information content (AvgIpc) is 3.05. The van der Waals surface area contributed by atoms with Crippen LogP contribution in [0.5, 0.6) is 0 Å². The van der Waals surface area contributed by atoms with E-state index in [9.17, 15) is 4.79 Å². The lowest BCUT2D eigenvalue weighted by Crippen LogP contribution is -2.40. The van der Waals surface area contributed by atoms with E-state index in [0.717, 1.165) is 38.1 Å². The minimum Gasteiger partial charge on any atom is -0.355 e. The molecule has 0 radical (unpaired) electrons. The molecule has 0 saturated heterocycles. The molecule has 18 heavy (non-hydrogen) atoms. The molecular formula is C15H28N2O. The molecule has 2 aliphatic carbocycles. The summed E-state index contributed by atoms with van der Waals surface area (Å²) in [4.78, 5) is 12.1. The average molecular weight is 252 g/mol. The Morgan fingerprint density at radius 2 is 2.11 bits per heavy atom. The summed E-state index contributed by atoms with van der Waals surface area (Å²) in [5.74, 6) is 1.15. The van der Waals surface area contributed by atoms with Crippen molar-refractivity contribution in [2.75, 3.05) is 6.54 Å². The number of rotatable bonds is 5. The molecule has 2 fully saturated rings. The number of carbonyl (C=O) groups excluding carboxylic acids is 1. The van der Waals surface area contributed by atoms with Crippen LogP contribution in [0.2, 0.25) is 0 Å². The topological polar surface area (TPSA) is 55.1 Å². The molecule has 0 aromatic heterocycles. The molecule has 0 spiro atoms. The Morgan fingerprint density at radius 3 is 2.67 bits per heavy atom. The summed E-state index contributed by atoms with van der Waals surface area (Å²) >= 11 is 0. The van der Waals surface area contributed by atoms with Gasteiger partial charge in [0.1, 0.15) is 0 Å².